The molecule has 0 unspecified atom stereocenters. The number of aryl methyl sites for hydroxylation is 2. The normalized spacial score (nSPS) is 12.1. The third-order valence-electron chi connectivity index (χ3n) is 3.15. The molecule has 0 N–H and O–H groups in total. The van der Waals surface area contributed by atoms with Crippen molar-refractivity contribution in [2.45, 2.75) is 33.1 Å². The van der Waals surface area contributed by atoms with E-state index in [-0.39, 0.29) is 5.41 Å². The molecule has 0 radical (unpaired) electrons. The van der Waals surface area contributed by atoms with Crippen molar-refractivity contribution >= 4 is 47.8 Å². The summed E-state index contributed by atoms with van der Waals surface area (Å²) in [6.07, 6.45) is 3.45. The molecule has 1 aromatic heterocycles. The van der Waals surface area contributed by atoms with E-state index in [0.29, 0.717) is 0 Å². The number of aromatic nitrogens is 2. The second-order valence-corrected chi connectivity index (χ2v) is 6.58. The zero-order valence-corrected chi connectivity index (χ0v) is 15.3. The van der Waals surface area contributed by atoms with E-state index < -0.39 is 0 Å². The minimum atomic E-state index is 0.275. The molecule has 5 heteroatoms. The van der Waals surface area contributed by atoms with Crippen LogP contribution in [0, 0.1) is 12.3 Å². The summed E-state index contributed by atoms with van der Waals surface area (Å²) in [5.74, 6) is 0. The lowest BCUT2D eigenvalue weighted by Gasteiger charge is -2.29. The van der Waals surface area contributed by atoms with Crippen molar-refractivity contribution in [2.24, 2.45) is 12.5 Å². The van der Waals surface area contributed by atoms with Gasteiger partial charge in [0, 0.05) is 17.7 Å². The highest BCUT2D eigenvalue weighted by molar-refractivity contribution is 9.10. The largest absolute Gasteiger partial charge is 0.271 e. The highest BCUT2D eigenvalue weighted by Crippen LogP contribution is 2.35. The third kappa shape index (κ3) is 3.57. The Morgan fingerprint density at radius 1 is 1.29 bits per heavy atom. The molecule has 17 heavy (non-hydrogen) atoms. The van der Waals surface area contributed by atoms with E-state index in [9.17, 15) is 0 Å². The van der Waals surface area contributed by atoms with Crippen LogP contribution in [0.4, 0.5) is 0 Å². The van der Waals surface area contributed by atoms with Gasteiger partial charge in [-0.15, -0.1) is 0 Å². The summed E-state index contributed by atoms with van der Waals surface area (Å²) in [4.78, 5) is 0. The van der Waals surface area contributed by atoms with Crippen molar-refractivity contribution < 1.29 is 0 Å². The average molecular weight is 431 g/mol. The highest BCUT2D eigenvalue weighted by atomic mass is 79.9. The first-order valence-electron chi connectivity index (χ1n) is 5.79. The summed E-state index contributed by atoms with van der Waals surface area (Å²) in [5.41, 5.74) is 2.63. The lowest BCUT2D eigenvalue weighted by atomic mass is 9.83. The van der Waals surface area contributed by atoms with Crippen LogP contribution in [-0.4, -0.2) is 20.4 Å². The molecule has 0 aliphatic rings. The Morgan fingerprint density at radius 2 is 1.88 bits per heavy atom. The van der Waals surface area contributed by atoms with Crippen LogP contribution in [0.2, 0.25) is 0 Å². The van der Waals surface area contributed by atoms with Crippen molar-refractivity contribution in [1.29, 1.82) is 0 Å². The zero-order valence-electron chi connectivity index (χ0n) is 10.6. The first kappa shape index (κ1) is 15.7. The molecular weight excluding hydrogens is 412 g/mol. The minimum Gasteiger partial charge on any atom is -0.271 e. The molecule has 0 spiro atoms. The van der Waals surface area contributed by atoms with Crippen molar-refractivity contribution in [3.8, 4) is 0 Å². The summed E-state index contributed by atoms with van der Waals surface area (Å²) in [7, 11) is 2.02. The van der Waals surface area contributed by atoms with Crippen molar-refractivity contribution in [1.82, 2.24) is 9.78 Å². The van der Waals surface area contributed by atoms with Crippen molar-refractivity contribution in [3.63, 3.8) is 0 Å². The van der Waals surface area contributed by atoms with Crippen LogP contribution in [-0.2, 0) is 13.5 Å². The Balaban J connectivity index is 3.00. The molecule has 0 aliphatic heterocycles. The first-order chi connectivity index (χ1) is 7.99. The van der Waals surface area contributed by atoms with Gasteiger partial charge in [-0.1, -0.05) is 45.2 Å². The molecule has 0 atom stereocenters. The van der Waals surface area contributed by atoms with Gasteiger partial charge in [-0.2, -0.15) is 5.10 Å². The fraction of sp³-hybridized carbons (Fsp3) is 0.750. The summed E-state index contributed by atoms with van der Waals surface area (Å²) >= 11 is 11.0. The fourth-order valence-corrected chi connectivity index (χ4v) is 4.47. The van der Waals surface area contributed by atoms with Crippen LogP contribution in [0.25, 0.3) is 0 Å². The highest BCUT2D eigenvalue weighted by Gasteiger charge is 2.30. The molecule has 1 rings (SSSR count). The average Bonchev–Trinajstić information content (AvgIpc) is 2.55. The van der Waals surface area contributed by atoms with Gasteiger partial charge < -0.3 is 0 Å². The van der Waals surface area contributed by atoms with E-state index in [1.54, 1.807) is 0 Å². The van der Waals surface area contributed by atoms with E-state index in [1.165, 1.54) is 18.5 Å². The zero-order chi connectivity index (χ0) is 13.1. The smallest absolute Gasteiger partial charge is 0.0738 e. The Morgan fingerprint density at radius 3 is 2.24 bits per heavy atom. The maximum absolute atomic E-state index is 4.46. The topological polar surface area (TPSA) is 17.8 Å². The molecule has 0 saturated heterocycles. The summed E-state index contributed by atoms with van der Waals surface area (Å²) in [6, 6.07) is 0. The summed E-state index contributed by atoms with van der Waals surface area (Å²) in [5, 5.41) is 6.48. The standard InChI is InChI=1S/C12H19Br3N2/c1-4-5-12(7-13,8-14)6-10-11(15)9(2)16-17(10)3/h4-8H2,1-3H3. The minimum absolute atomic E-state index is 0.275. The number of hydrogen-bond acceptors (Lipinski definition) is 1. The van der Waals surface area contributed by atoms with Gasteiger partial charge >= 0.3 is 0 Å². The van der Waals surface area contributed by atoms with E-state index in [0.717, 1.165) is 27.2 Å². The van der Waals surface area contributed by atoms with E-state index in [4.69, 9.17) is 0 Å². The lowest BCUT2D eigenvalue weighted by Crippen LogP contribution is -2.28. The Bertz CT molecular complexity index is 370. The molecule has 1 heterocycles. The van der Waals surface area contributed by atoms with Gasteiger partial charge in [-0.3, -0.25) is 4.68 Å². The fourth-order valence-electron chi connectivity index (χ4n) is 2.11. The Labute approximate surface area is 129 Å². The SMILES string of the molecule is CCCC(CBr)(CBr)Cc1c(Br)c(C)nn1C. The monoisotopic (exact) mass is 428 g/mol. The number of halogens is 3. The molecule has 1 aromatic rings. The van der Waals surface area contributed by atoms with Gasteiger partial charge in [0.25, 0.3) is 0 Å². The van der Waals surface area contributed by atoms with Crippen molar-refractivity contribution in [3.05, 3.63) is 15.9 Å². The van der Waals surface area contributed by atoms with Crippen LogP contribution in [0.15, 0.2) is 4.47 Å². The second kappa shape index (κ2) is 6.71. The molecule has 98 valence electrons. The number of hydrogen-bond donors (Lipinski definition) is 0. The molecule has 0 bridgehead atoms. The second-order valence-electron chi connectivity index (χ2n) is 4.66. The number of alkyl halides is 2. The Kier molecular flexibility index (Phi) is 6.20. The van der Waals surface area contributed by atoms with Crippen LogP contribution in [0.3, 0.4) is 0 Å². The number of rotatable bonds is 6. The maximum atomic E-state index is 4.46. The van der Waals surface area contributed by atoms with Crippen LogP contribution in [0.1, 0.15) is 31.2 Å². The third-order valence-corrected chi connectivity index (χ3v) is 6.56. The van der Waals surface area contributed by atoms with Crippen molar-refractivity contribution in [2.75, 3.05) is 10.7 Å². The predicted molar refractivity (Wildman–Crippen MR) is 84.3 cm³/mol. The van der Waals surface area contributed by atoms with E-state index in [1.807, 2.05) is 18.7 Å². The number of nitrogens with zero attached hydrogens (tertiary/aromatic N) is 2. The van der Waals surface area contributed by atoms with Crippen LogP contribution in [0.5, 0.6) is 0 Å². The lowest BCUT2D eigenvalue weighted by molar-refractivity contribution is 0.342. The van der Waals surface area contributed by atoms with Gasteiger partial charge in [-0.05, 0) is 41.1 Å². The van der Waals surface area contributed by atoms with Gasteiger partial charge in [0.15, 0.2) is 0 Å². The van der Waals surface area contributed by atoms with Gasteiger partial charge in [-0.25, -0.2) is 0 Å². The quantitative estimate of drug-likeness (QED) is 0.602. The molecule has 0 saturated carbocycles. The van der Waals surface area contributed by atoms with Crippen LogP contribution < -0.4 is 0 Å². The molecule has 0 fully saturated rings. The van der Waals surface area contributed by atoms with E-state index >= 15 is 0 Å². The summed E-state index contributed by atoms with van der Waals surface area (Å²) < 4.78 is 3.15. The van der Waals surface area contributed by atoms with Gasteiger partial charge in [0.2, 0.25) is 0 Å². The first-order valence-corrected chi connectivity index (χ1v) is 8.83. The van der Waals surface area contributed by atoms with Gasteiger partial charge in [0.1, 0.15) is 0 Å². The molecule has 2 nitrogen and oxygen atoms in total. The van der Waals surface area contributed by atoms with Gasteiger partial charge in [0.05, 0.1) is 15.9 Å². The molecular formula is C12H19Br3N2. The molecule has 0 aromatic carbocycles. The van der Waals surface area contributed by atoms with Crippen LogP contribution >= 0.6 is 47.8 Å². The molecule has 0 amide bonds. The van der Waals surface area contributed by atoms with E-state index in [2.05, 4.69) is 59.8 Å². The molecule has 0 aliphatic carbocycles. The Hall–Kier alpha value is 0.650. The predicted octanol–water partition coefficient (Wildman–Crippen LogP) is 4.61. The maximum Gasteiger partial charge on any atom is 0.0738 e. The summed E-state index contributed by atoms with van der Waals surface area (Å²) in [6.45, 7) is 4.28.